The van der Waals surface area contributed by atoms with Gasteiger partial charge in [0.1, 0.15) is 5.82 Å². The average molecular weight is 333 g/mol. The second-order valence-electron chi connectivity index (χ2n) is 3.19. The lowest BCUT2D eigenvalue weighted by Crippen LogP contribution is -2.03. The molecule has 2 aromatic rings. The minimum absolute atomic E-state index is 0.296. The van der Waals surface area contributed by atoms with Gasteiger partial charge >= 0.3 is 0 Å². The minimum atomic E-state index is -0.296. The first-order chi connectivity index (χ1) is 7.66. The zero-order chi connectivity index (χ0) is 11.5. The molecule has 0 unspecified atom stereocenters. The van der Waals surface area contributed by atoms with Crippen LogP contribution in [0, 0.1) is 9.39 Å². The molecule has 3 N–H and O–H groups in total. The zero-order valence-corrected chi connectivity index (χ0v) is 10.4. The molecule has 0 radical (unpaired) electrons. The van der Waals surface area contributed by atoms with Crippen molar-refractivity contribution in [3.63, 3.8) is 0 Å². The molecule has 0 spiro atoms. The smallest absolute Gasteiger partial charge is 0.155 e. The number of nitrogens with one attached hydrogen (secondary N) is 1. The topological polar surface area (TPSA) is 64.1 Å². The molecule has 0 saturated carbocycles. The Morgan fingerprint density at radius 2 is 2.31 bits per heavy atom. The normalized spacial score (nSPS) is 10.4. The van der Waals surface area contributed by atoms with Crippen molar-refractivity contribution in [3.05, 3.63) is 39.5 Å². The lowest BCUT2D eigenvalue weighted by atomic mass is 10.2. The Bertz CT molecular complexity index is 487. The van der Waals surface area contributed by atoms with Gasteiger partial charge in [-0.05, 0) is 28.7 Å². The average Bonchev–Trinajstić information content (AvgIpc) is 2.74. The van der Waals surface area contributed by atoms with E-state index in [9.17, 15) is 4.39 Å². The summed E-state index contributed by atoms with van der Waals surface area (Å²) in [6.07, 6.45) is 1.55. The Morgan fingerprint density at radius 3 is 3.00 bits per heavy atom. The molecular weight excluding hydrogens is 324 g/mol. The van der Waals surface area contributed by atoms with Crippen LogP contribution in [0.2, 0.25) is 0 Å². The van der Waals surface area contributed by atoms with Crippen LogP contribution in [-0.4, -0.2) is 5.16 Å². The van der Waals surface area contributed by atoms with Crippen molar-refractivity contribution in [2.75, 3.05) is 11.1 Å². The summed E-state index contributed by atoms with van der Waals surface area (Å²) in [5.41, 5.74) is 6.80. The number of aromatic nitrogens is 1. The maximum atomic E-state index is 13.3. The quantitative estimate of drug-likeness (QED) is 0.670. The summed E-state index contributed by atoms with van der Waals surface area (Å²) in [7, 11) is 0. The van der Waals surface area contributed by atoms with Crippen molar-refractivity contribution in [3.8, 4) is 0 Å². The number of benzene rings is 1. The Labute approximate surface area is 105 Å². The van der Waals surface area contributed by atoms with Crippen molar-refractivity contribution in [1.82, 2.24) is 5.16 Å². The van der Waals surface area contributed by atoms with Crippen molar-refractivity contribution in [2.24, 2.45) is 0 Å². The number of nitrogens with two attached hydrogens (primary N) is 1. The molecule has 4 nitrogen and oxygen atoms in total. The van der Waals surface area contributed by atoms with Gasteiger partial charge in [0.15, 0.2) is 5.76 Å². The van der Waals surface area contributed by atoms with E-state index in [-0.39, 0.29) is 5.82 Å². The predicted molar refractivity (Wildman–Crippen MR) is 67.4 cm³/mol. The van der Waals surface area contributed by atoms with E-state index in [1.807, 2.05) is 22.6 Å². The summed E-state index contributed by atoms with van der Waals surface area (Å²) >= 11 is 1.89. The van der Waals surface area contributed by atoms with Crippen molar-refractivity contribution >= 4 is 34.0 Å². The van der Waals surface area contributed by atoms with Crippen LogP contribution in [0.4, 0.5) is 15.8 Å². The largest absolute Gasteiger partial charge is 0.397 e. The maximum Gasteiger partial charge on any atom is 0.155 e. The second kappa shape index (κ2) is 4.69. The summed E-state index contributed by atoms with van der Waals surface area (Å²) in [4.78, 5) is 0. The van der Waals surface area contributed by atoms with E-state index in [1.54, 1.807) is 18.3 Å². The maximum absolute atomic E-state index is 13.3. The Kier molecular flexibility index (Phi) is 3.28. The van der Waals surface area contributed by atoms with Gasteiger partial charge in [-0.3, -0.25) is 0 Å². The standard InChI is InChI=1S/C10H9FIN3O/c11-7-3-10(9(13)4-8(7)12)14-5-6-1-2-15-16-6/h1-4,14H,5,13H2. The van der Waals surface area contributed by atoms with E-state index in [0.29, 0.717) is 27.2 Å². The van der Waals surface area contributed by atoms with Crippen molar-refractivity contribution in [2.45, 2.75) is 6.54 Å². The van der Waals surface area contributed by atoms with E-state index in [1.165, 1.54) is 6.07 Å². The zero-order valence-electron chi connectivity index (χ0n) is 8.21. The third-order valence-electron chi connectivity index (χ3n) is 2.04. The molecule has 0 aliphatic heterocycles. The van der Waals surface area contributed by atoms with Gasteiger partial charge in [-0.1, -0.05) is 5.16 Å². The number of rotatable bonds is 3. The van der Waals surface area contributed by atoms with Gasteiger partial charge in [0.25, 0.3) is 0 Å². The third kappa shape index (κ3) is 2.43. The number of anilines is 2. The van der Waals surface area contributed by atoms with Crippen LogP contribution in [0.3, 0.4) is 0 Å². The van der Waals surface area contributed by atoms with E-state index in [0.717, 1.165) is 0 Å². The monoisotopic (exact) mass is 333 g/mol. The molecule has 2 rings (SSSR count). The fourth-order valence-electron chi connectivity index (χ4n) is 1.23. The molecule has 1 heterocycles. The van der Waals surface area contributed by atoms with Crippen molar-refractivity contribution < 1.29 is 8.91 Å². The van der Waals surface area contributed by atoms with Gasteiger partial charge in [-0.25, -0.2) is 4.39 Å². The van der Waals surface area contributed by atoms with Crippen LogP contribution in [0.15, 0.2) is 28.9 Å². The van der Waals surface area contributed by atoms with E-state index >= 15 is 0 Å². The van der Waals surface area contributed by atoms with Crippen LogP contribution in [0.25, 0.3) is 0 Å². The molecular formula is C10H9FIN3O. The first-order valence-electron chi connectivity index (χ1n) is 4.55. The van der Waals surface area contributed by atoms with Gasteiger partial charge in [0.05, 0.1) is 27.7 Å². The SMILES string of the molecule is Nc1cc(I)c(F)cc1NCc1ccno1. The molecule has 0 aliphatic rings. The summed E-state index contributed by atoms with van der Waals surface area (Å²) in [6.45, 7) is 0.421. The van der Waals surface area contributed by atoms with E-state index in [2.05, 4.69) is 10.5 Å². The molecule has 0 atom stereocenters. The van der Waals surface area contributed by atoms with Gasteiger partial charge in [-0.15, -0.1) is 0 Å². The number of halogens is 2. The molecule has 0 amide bonds. The number of hydrogen-bond donors (Lipinski definition) is 2. The first kappa shape index (κ1) is 11.2. The Hall–Kier alpha value is -1.31. The van der Waals surface area contributed by atoms with Crippen LogP contribution >= 0.6 is 22.6 Å². The molecule has 1 aromatic heterocycles. The van der Waals surface area contributed by atoms with Gasteiger partial charge in [0, 0.05) is 12.1 Å². The van der Waals surface area contributed by atoms with Gasteiger partial charge in [-0.2, -0.15) is 0 Å². The predicted octanol–water partition coefficient (Wildman–Crippen LogP) is 2.61. The van der Waals surface area contributed by atoms with Gasteiger partial charge < -0.3 is 15.6 Å². The third-order valence-corrected chi connectivity index (χ3v) is 2.86. The number of nitrogens with zero attached hydrogens (tertiary/aromatic N) is 1. The molecule has 16 heavy (non-hydrogen) atoms. The highest BCUT2D eigenvalue weighted by Crippen LogP contribution is 2.24. The van der Waals surface area contributed by atoms with Crippen molar-refractivity contribution in [1.29, 1.82) is 0 Å². The van der Waals surface area contributed by atoms with E-state index in [4.69, 9.17) is 10.3 Å². The van der Waals surface area contributed by atoms with Gasteiger partial charge in [0.2, 0.25) is 0 Å². The lowest BCUT2D eigenvalue weighted by molar-refractivity contribution is 0.388. The highest BCUT2D eigenvalue weighted by molar-refractivity contribution is 14.1. The summed E-state index contributed by atoms with van der Waals surface area (Å²) in [5.74, 6) is 0.369. The molecule has 84 valence electrons. The highest BCUT2D eigenvalue weighted by atomic mass is 127. The fourth-order valence-corrected chi connectivity index (χ4v) is 1.72. The molecule has 0 bridgehead atoms. The Balaban J connectivity index is 2.12. The number of hydrogen-bond acceptors (Lipinski definition) is 4. The van der Waals surface area contributed by atoms with Crippen LogP contribution in [0.5, 0.6) is 0 Å². The molecule has 0 aliphatic carbocycles. The highest BCUT2D eigenvalue weighted by Gasteiger charge is 2.06. The second-order valence-corrected chi connectivity index (χ2v) is 4.35. The fraction of sp³-hybridized carbons (Fsp3) is 0.100. The molecule has 1 aromatic carbocycles. The lowest BCUT2D eigenvalue weighted by Gasteiger charge is -2.08. The molecule has 6 heteroatoms. The van der Waals surface area contributed by atoms with Crippen LogP contribution < -0.4 is 11.1 Å². The first-order valence-corrected chi connectivity index (χ1v) is 5.62. The van der Waals surface area contributed by atoms with E-state index < -0.39 is 0 Å². The Morgan fingerprint density at radius 1 is 1.50 bits per heavy atom. The molecule has 0 fully saturated rings. The number of nitrogen functional groups attached to an aromatic ring is 1. The summed E-state index contributed by atoms with van der Waals surface area (Å²) in [6, 6.07) is 4.68. The summed E-state index contributed by atoms with van der Waals surface area (Å²) < 4.78 is 18.7. The van der Waals surface area contributed by atoms with Crippen LogP contribution in [-0.2, 0) is 6.54 Å². The minimum Gasteiger partial charge on any atom is -0.397 e. The molecule has 0 saturated heterocycles. The van der Waals surface area contributed by atoms with Crippen LogP contribution in [0.1, 0.15) is 5.76 Å². The summed E-state index contributed by atoms with van der Waals surface area (Å²) in [5, 5.41) is 6.55.